The van der Waals surface area contributed by atoms with Crippen LogP contribution in [0.4, 0.5) is 10.8 Å². The minimum atomic E-state index is -0.128. The molecule has 176 valence electrons. The lowest BCUT2D eigenvalue weighted by Crippen LogP contribution is -2.40. The largest absolute Gasteiger partial charge is 0.495 e. The molecule has 0 saturated carbocycles. The van der Waals surface area contributed by atoms with Crippen molar-refractivity contribution in [2.75, 3.05) is 30.4 Å². The maximum atomic E-state index is 13.0. The van der Waals surface area contributed by atoms with Gasteiger partial charge in [-0.25, -0.2) is 4.68 Å². The number of hydrogen-bond acceptors (Lipinski definition) is 6. The first-order valence-electron chi connectivity index (χ1n) is 11.3. The molecule has 2 aromatic carbocycles. The van der Waals surface area contributed by atoms with Crippen LogP contribution >= 0.6 is 22.9 Å². The number of nitrogens with zero attached hydrogens (tertiary/aromatic N) is 4. The Kier molecular flexibility index (Phi) is 6.18. The molecule has 1 atom stereocenters. The van der Waals surface area contributed by atoms with Gasteiger partial charge >= 0.3 is 0 Å². The highest BCUT2D eigenvalue weighted by molar-refractivity contribution is 7.22. The van der Waals surface area contributed by atoms with Gasteiger partial charge in [-0.15, -0.1) is 0 Å². The first-order valence-corrected chi connectivity index (χ1v) is 12.4. The van der Waals surface area contributed by atoms with Crippen LogP contribution in [0, 0.1) is 19.8 Å². The van der Waals surface area contributed by atoms with Crippen molar-refractivity contribution in [3.63, 3.8) is 0 Å². The number of piperidine rings is 1. The van der Waals surface area contributed by atoms with Crippen molar-refractivity contribution in [2.45, 2.75) is 26.7 Å². The molecule has 1 saturated heterocycles. The van der Waals surface area contributed by atoms with Crippen LogP contribution in [0.3, 0.4) is 0 Å². The smallest absolute Gasteiger partial charge is 0.229 e. The van der Waals surface area contributed by atoms with E-state index in [1.54, 1.807) is 36.6 Å². The molecule has 0 aliphatic carbocycles. The van der Waals surface area contributed by atoms with E-state index in [0.29, 0.717) is 23.0 Å². The van der Waals surface area contributed by atoms with Crippen LogP contribution in [0.1, 0.15) is 24.1 Å². The average molecular weight is 496 g/mol. The van der Waals surface area contributed by atoms with Gasteiger partial charge in [0, 0.05) is 18.8 Å². The van der Waals surface area contributed by atoms with Crippen molar-refractivity contribution in [1.82, 2.24) is 14.8 Å². The highest BCUT2D eigenvalue weighted by atomic mass is 35.5. The lowest BCUT2D eigenvalue weighted by Gasteiger charge is -2.31. The second-order valence-electron chi connectivity index (χ2n) is 8.61. The summed E-state index contributed by atoms with van der Waals surface area (Å²) < 4.78 is 8.18. The predicted octanol–water partition coefficient (Wildman–Crippen LogP) is 5.62. The number of halogens is 1. The molecule has 7 nitrogen and oxygen atoms in total. The maximum absolute atomic E-state index is 13.0. The number of aromatic nitrogens is 3. The molecule has 2 aromatic heterocycles. The molecule has 1 aliphatic heterocycles. The van der Waals surface area contributed by atoms with Crippen LogP contribution in [0.5, 0.6) is 5.75 Å². The number of anilines is 2. The van der Waals surface area contributed by atoms with Crippen molar-refractivity contribution in [2.24, 2.45) is 5.92 Å². The van der Waals surface area contributed by atoms with E-state index in [9.17, 15) is 4.79 Å². The number of carbonyl (C=O) groups excluding carboxylic acids is 1. The van der Waals surface area contributed by atoms with Crippen molar-refractivity contribution in [3.8, 4) is 11.4 Å². The van der Waals surface area contributed by atoms with Gasteiger partial charge < -0.3 is 15.0 Å². The van der Waals surface area contributed by atoms with Crippen LogP contribution < -0.4 is 15.0 Å². The number of fused-ring (bicyclic) bond motifs is 1. The number of rotatable bonds is 5. The molecular weight excluding hydrogens is 470 g/mol. The standard InChI is InChI=1S/C25H26ClN5O2S/c1-15-6-9-19(10-7-15)31-23-22(16(2)29-31)34-25(28-23)30-12-4-5-17(14-30)24(32)27-18-8-11-21(33-3)20(26)13-18/h6-11,13,17H,4-5,12,14H2,1-3H3,(H,27,32)/t17-/m1/s1. The molecule has 3 heterocycles. The van der Waals surface area contributed by atoms with Crippen molar-refractivity contribution in [1.29, 1.82) is 0 Å². The lowest BCUT2D eigenvalue weighted by atomic mass is 9.97. The van der Waals surface area contributed by atoms with Crippen molar-refractivity contribution < 1.29 is 9.53 Å². The quantitative estimate of drug-likeness (QED) is 0.389. The van der Waals surface area contributed by atoms with E-state index in [1.807, 2.05) is 11.6 Å². The monoisotopic (exact) mass is 495 g/mol. The Labute approximate surface area is 207 Å². The second-order valence-corrected chi connectivity index (χ2v) is 9.99. The van der Waals surface area contributed by atoms with E-state index in [1.165, 1.54) is 5.56 Å². The zero-order valence-electron chi connectivity index (χ0n) is 19.3. The Hall–Kier alpha value is -3.10. The van der Waals surface area contributed by atoms with Gasteiger partial charge in [-0.3, -0.25) is 4.79 Å². The van der Waals surface area contributed by atoms with E-state index in [0.717, 1.165) is 46.2 Å². The van der Waals surface area contributed by atoms with Gasteiger partial charge in [0.15, 0.2) is 10.8 Å². The fourth-order valence-electron chi connectivity index (χ4n) is 4.28. The van der Waals surface area contributed by atoms with E-state index in [-0.39, 0.29) is 11.8 Å². The number of aryl methyl sites for hydroxylation is 2. The molecule has 1 amide bonds. The summed E-state index contributed by atoms with van der Waals surface area (Å²) in [6, 6.07) is 13.6. The summed E-state index contributed by atoms with van der Waals surface area (Å²) in [6.45, 7) is 5.59. The normalized spacial score (nSPS) is 16.1. The summed E-state index contributed by atoms with van der Waals surface area (Å²) in [6.07, 6.45) is 1.77. The van der Waals surface area contributed by atoms with Gasteiger partial charge in [0.25, 0.3) is 0 Å². The average Bonchev–Trinajstić information content (AvgIpc) is 3.40. The molecule has 5 rings (SSSR count). The predicted molar refractivity (Wildman–Crippen MR) is 138 cm³/mol. The number of thiazole rings is 1. The van der Waals surface area contributed by atoms with Gasteiger partial charge in [0.05, 0.1) is 34.1 Å². The fraction of sp³-hybridized carbons (Fsp3) is 0.320. The Balaban J connectivity index is 1.34. The van der Waals surface area contributed by atoms with Crippen molar-refractivity contribution >= 4 is 50.0 Å². The zero-order valence-corrected chi connectivity index (χ0v) is 20.9. The number of ether oxygens (including phenoxy) is 1. The van der Waals surface area contributed by atoms with E-state index in [2.05, 4.69) is 41.4 Å². The Morgan fingerprint density at radius 1 is 1.21 bits per heavy atom. The van der Waals surface area contributed by atoms with Crippen molar-refractivity contribution in [3.05, 3.63) is 58.7 Å². The molecule has 1 fully saturated rings. The lowest BCUT2D eigenvalue weighted by molar-refractivity contribution is -0.120. The van der Waals surface area contributed by atoms with Crippen LogP contribution in [0.25, 0.3) is 16.0 Å². The summed E-state index contributed by atoms with van der Waals surface area (Å²) in [5, 5.41) is 9.11. The summed E-state index contributed by atoms with van der Waals surface area (Å²) >= 11 is 7.85. The third-order valence-corrected chi connectivity index (χ3v) is 7.65. The van der Waals surface area contributed by atoms with Gasteiger partial charge in [-0.05, 0) is 57.0 Å². The number of nitrogens with one attached hydrogen (secondary N) is 1. The van der Waals surface area contributed by atoms with Crippen LogP contribution in [0.2, 0.25) is 5.02 Å². The van der Waals surface area contributed by atoms with Crippen LogP contribution in [-0.4, -0.2) is 40.9 Å². The van der Waals surface area contributed by atoms with E-state index >= 15 is 0 Å². The third kappa shape index (κ3) is 4.35. The Morgan fingerprint density at radius 3 is 2.74 bits per heavy atom. The second kappa shape index (κ2) is 9.27. The molecule has 0 radical (unpaired) electrons. The van der Waals surface area contributed by atoms with E-state index < -0.39 is 0 Å². The number of methoxy groups -OCH3 is 1. The summed E-state index contributed by atoms with van der Waals surface area (Å²) in [5.74, 6) is 0.448. The Morgan fingerprint density at radius 2 is 2.00 bits per heavy atom. The molecule has 4 aromatic rings. The minimum Gasteiger partial charge on any atom is -0.495 e. The Bertz CT molecular complexity index is 1350. The van der Waals surface area contributed by atoms with E-state index in [4.69, 9.17) is 26.4 Å². The molecule has 0 spiro atoms. The summed E-state index contributed by atoms with van der Waals surface area (Å²) in [5.41, 5.74) is 4.69. The molecular formula is C25H26ClN5O2S. The molecule has 0 bridgehead atoms. The van der Waals surface area contributed by atoms with Gasteiger partial charge in [-0.1, -0.05) is 40.6 Å². The molecule has 1 aliphatic rings. The van der Waals surface area contributed by atoms with Gasteiger partial charge in [0.1, 0.15) is 5.75 Å². The number of carbonyl (C=O) groups is 1. The molecule has 9 heteroatoms. The van der Waals surface area contributed by atoms with Gasteiger partial charge in [-0.2, -0.15) is 10.1 Å². The number of benzene rings is 2. The third-order valence-electron chi connectivity index (χ3n) is 6.14. The highest BCUT2D eigenvalue weighted by Crippen LogP contribution is 2.35. The first-order chi connectivity index (χ1) is 16.4. The van der Waals surface area contributed by atoms with Crippen LogP contribution in [-0.2, 0) is 4.79 Å². The van der Waals surface area contributed by atoms with Gasteiger partial charge in [0.2, 0.25) is 5.91 Å². The molecule has 34 heavy (non-hydrogen) atoms. The maximum Gasteiger partial charge on any atom is 0.229 e. The zero-order chi connectivity index (χ0) is 23.8. The topological polar surface area (TPSA) is 72.3 Å². The summed E-state index contributed by atoms with van der Waals surface area (Å²) in [7, 11) is 1.57. The minimum absolute atomic E-state index is 0.00550. The molecule has 1 N–H and O–H groups in total. The van der Waals surface area contributed by atoms with Crippen LogP contribution in [0.15, 0.2) is 42.5 Å². The summed E-state index contributed by atoms with van der Waals surface area (Å²) in [4.78, 5) is 20.2. The molecule has 0 unspecified atom stereocenters. The number of hydrogen-bond donors (Lipinski definition) is 1. The first kappa shape index (κ1) is 22.7. The highest BCUT2D eigenvalue weighted by Gasteiger charge is 2.28. The fourth-order valence-corrected chi connectivity index (χ4v) is 5.56. The SMILES string of the molecule is COc1ccc(NC(=O)[C@@H]2CCCN(c3nc4c(s3)c(C)nn4-c3ccc(C)cc3)C2)cc1Cl. The number of amides is 1.